The molecule has 0 spiro atoms. The van der Waals surface area contributed by atoms with E-state index < -0.39 is 0 Å². The fourth-order valence-corrected chi connectivity index (χ4v) is 2.79. The Balaban J connectivity index is 1.58. The molecule has 0 atom stereocenters. The number of aromatic nitrogens is 2. The number of carbonyl (C=O) groups is 1. The zero-order chi connectivity index (χ0) is 16.5. The fourth-order valence-electron chi connectivity index (χ4n) is 2.79. The van der Waals surface area contributed by atoms with Gasteiger partial charge in [-0.2, -0.15) is 0 Å². The second-order valence-electron chi connectivity index (χ2n) is 6.33. The van der Waals surface area contributed by atoms with Gasteiger partial charge in [-0.05, 0) is 48.6 Å². The predicted molar refractivity (Wildman–Crippen MR) is 90.9 cm³/mol. The number of amides is 1. The zero-order valence-corrected chi connectivity index (χ0v) is 13.2. The summed E-state index contributed by atoms with van der Waals surface area (Å²) in [6.07, 6.45) is 6.09. The Morgan fingerprint density at radius 2 is 2.00 bits per heavy atom. The van der Waals surface area contributed by atoms with E-state index >= 15 is 0 Å². The molecule has 1 aliphatic carbocycles. The second-order valence-corrected chi connectivity index (χ2v) is 6.33. The number of hydrogen-bond acceptors (Lipinski definition) is 2. The summed E-state index contributed by atoms with van der Waals surface area (Å²) in [6, 6.07) is 10.2. The van der Waals surface area contributed by atoms with Crippen molar-refractivity contribution in [2.24, 2.45) is 5.92 Å². The van der Waals surface area contributed by atoms with Gasteiger partial charge in [0.2, 0.25) is 5.91 Å². The first-order valence-electron chi connectivity index (χ1n) is 8.16. The quantitative estimate of drug-likeness (QED) is 0.782. The van der Waals surface area contributed by atoms with Gasteiger partial charge in [0, 0.05) is 24.5 Å². The van der Waals surface area contributed by atoms with E-state index in [4.69, 9.17) is 0 Å². The maximum absolute atomic E-state index is 13.1. The fraction of sp³-hybridized carbons (Fsp3) is 0.263. The van der Waals surface area contributed by atoms with E-state index in [1.54, 1.807) is 18.3 Å². The Labute approximate surface area is 139 Å². The lowest BCUT2D eigenvalue weighted by Gasteiger charge is -2.08. The van der Waals surface area contributed by atoms with E-state index in [1.807, 2.05) is 22.9 Å². The van der Waals surface area contributed by atoms with Crippen molar-refractivity contribution in [1.29, 1.82) is 0 Å². The monoisotopic (exact) mass is 323 g/mol. The smallest absolute Gasteiger partial charge is 0.239 e. The van der Waals surface area contributed by atoms with Crippen LogP contribution in [0.15, 0.2) is 48.8 Å². The first-order valence-corrected chi connectivity index (χ1v) is 8.16. The minimum Gasteiger partial charge on any atom is -0.354 e. The Morgan fingerprint density at radius 1 is 1.21 bits per heavy atom. The number of hydrogen-bond donors (Lipinski definition) is 1. The van der Waals surface area contributed by atoms with Crippen molar-refractivity contribution in [3.05, 3.63) is 54.6 Å². The van der Waals surface area contributed by atoms with Crippen LogP contribution >= 0.6 is 0 Å². The highest BCUT2D eigenvalue weighted by Crippen LogP contribution is 2.27. The van der Waals surface area contributed by atoms with Gasteiger partial charge in [-0.1, -0.05) is 12.1 Å². The van der Waals surface area contributed by atoms with Gasteiger partial charge in [0.05, 0.1) is 11.0 Å². The van der Waals surface area contributed by atoms with Gasteiger partial charge in [-0.15, -0.1) is 0 Å². The average molecular weight is 323 g/mol. The van der Waals surface area contributed by atoms with Crippen LogP contribution < -0.4 is 5.32 Å². The first kappa shape index (κ1) is 14.9. The van der Waals surface area contributed by atoms with Crippen LogP contribution in [-0.4, -0.2) is 22.0 Å². The Kier molecular flexibility index (Phi) is 3.76. The molecule has 0 saturated heterocycles. The maximum atomic E-state index is 13.1. The number of benzene rings is 1. The van der Waals surface area contributed by atoms with Crippen molar-refractivity contribution in [3.8, 4) is 11.1 Å². The van der Waals surface area contributed by atoms with Crippen molar-refractivity contribution in [1.82, 2.24) is 14.9 Å². The molecule has 1 fully saturated rings. The van der Waals surface area contributed by atoms with E-state index in [-0.39, 0.29) is 18.3 Å². The number of nitrogens with one attached hydrogen (secondary N) is 1. The number of fused-ring (bicyclic) bond motifs is 1. The van der Waals surface area contributed by atoms with Crippen molar-refractivity contribution < 1.29 is 9.18 Å². The first-order chi connectivity index (χ1) is 11.7. The van der Waals surface area contributed by atoms with Crippen LogP contribution in [0.25, 0.3) is 22.2 Å². The largest absolute Gasteiger partial charge is 0.354 e. The van der Waals surface area contributed by atoms with E-state index in [0.717, 1.165) is 28.7 Å². The molecule has 0 unspecified atom stereocenters. The molecule has 0 radical (unpaired) electrons. The van der Waals surface area contributed by atoms with Crippen molar-refractivity contribution in [2.75, 3.05) is 6.54 Å². The third-order valence-corrected chi connectivity index (χ3v) is 4.40. The predicted octanol–water partition coefficient (Wildman–Crippen LogP) is 3.37. The van der Waals surface area contributed by atoms with Crippen LogP contribution in [0.5, 0.6) is 0 Å². The van der Waals surface area contributed by atoms with Gasteiger partial charge in [0.1, 0.15) is 12.4 Å². The third-order valence-electron chi connectivity index (χ3n) is 4.40. The van der Waals surface area contributed by atoms with Gasteiger partial charge in [-0.3, -0.25) is 9.78 Å². The summed E-state index contributed by atoms with van der Waals surface area (Å²) in [5.41, 5.74) is 3.55. The Morgan fingerprint density at radius 3 is 2.75 bits per heavy atom. The second kappa shape index (κ2) is 6.07. The number of halogens is 1. The summed E-state index contributed by atoms with van der Waals surface area (Å²) in [5, 5.41) is 2.98. The van der Waals surface area contributed by atoms with Gasteiger partial charge >= 0.3 is 0 Å². The summed E-state index contributed by atoms with van der Waals surface area (Å²) >= 11 is 0. The van der Waals surface area contributed by atoms with E-state index in [2.05, 4.69) is 10.3 Å². The molecule has 1 amide bonds. The SMILES string of the molecule is O=C(Cn1ccc2ncc(-c3ccc(F)cc3)cc21)NCC1CC1. The highest BCUT2D eigenvalue weighted by Gasteiger charge is 2.21. The van der Waals surface area contributed by atoms with Crippen LogP contribution in [0, 0.1) is 11.7 Å². The molecule has 122 valence electrons. The highest BCUT2D eigenvalue weighted by atomic mass is 19.1. The normalized spacial score (nSPS) is 14.0. The molecule has 3 aromatic rings. The molecule has 2 aromatic heterocycles. The lowest BCUT2D eigenvalue weighted by molar-refractivity contribution is -0.121. The van der Waals surface area contributed by atoms with E-state index in [0.29, 0.717) is 5.92 Å². The summed E-state index contributed by atoms with van der Waals surface area (Å²) in [5.74, 6) is 0.428. The van der Waals surface area contributed by atoms with E-state index in [9.17, 15) is 9.18 Å². The van der Waals surface area contributed by atoms with Crippen LogP contribution in [0.2, 0.25) is 0 Å². The standard InChI is InChI=1S/C19H18FN3O/c20-16-5-3-14(4-6-16)15-9-18-17(21-11-15)7-8-23(18)12-19(24)22-10-13-1-2-13/h3-9,11,13H,1-2,10,12H2,(H,22,24). The van der Waals surface area contributed by atoms with Gasteiger partial charge in [0.15, 0.2) is 0 Å². The topological polar surface area (TPSA) is 46.9 Å². The lowest BCUT2D eigenvalue weighted by atomic mass is 10.1. The third kappa shape index (κ3) is 3.15. The summed E-state index contributed by atoms with van der Waals surface area (Å²) in [6.45, 7) is 1.06. The maximum Gasteiger partial charge on any atom is 0.239 e. The molecule has 1 N–H and O–H groups in total. The molecule has 5 heteroatoms. The van der Waals surface area contributed by atoms with E-state index in [1.165, 1.54) is 25.0 Å². The molecule has 4 rings (SSSR count). The summed E-state index contributed by atoms with van der Waals surface area (Å²) in [7, 11) is 0. The van der Waals surface area contributed by atoms with Crippen LogP contribution in [0.4, 0.5) is 4.39 Å². The van der Waals surface area contributed by atoms with Gasteiger partial charge in [0.25, 0.3) is 0 Å². The summed E-state index contributed by atoms with van der Waals surface area (Å²) in [4.78, 5) is 16.5. The molecular formula is C19H18FN3O. The van der Waals surface area contributed by atoms with Crippen molar-refractivity contribution in [2.45, 2.75) is 19.4 Å². The minimum absolute atomic E-state index is 0.0200. The molecule has 1 aliphatic rings. The average Bonchev–Trinajstić information content (AvgIpc) is 3.35. The van der Waals surface area contributed by atoms with Gasteiger partial charge < -0.3 is 9.88 Å². The molecule has 1 saturated carbocycles. The molecule has 24 heavy (non-hydrogen) atoms. The Bertz CT molecular complexity index is 881. The lowest BCUT2D eigenvalue weighted by Crippen LogP contribution is -2.29. The minimum atomic E-state index is -0.261. The van der Waals surface area contributed by atoms with Gasteiger partial charge in [-0.25, -0.2) is 4.39 Å². The molecule has 1 aromatic carbocycles. The molecule has 0 aliphatic heterocycles. The highest BCUT2D eigenvalue weighted by molar-refractivity contribution is 5.84. The molecule has 0 bridgehead atoms. The summed E-state index contributed by atoms with van der Waals surface area (Å²) < 4.78 is 15.0. The number of pyridine rings is 1. The number of rotatable bonds is 5. The zero-order valence-electron chi connectivity index (χ0n) is 13.2. The van der Waals surface area contributed by atoms with Crippen molar-refractivity contribution >= 4 is 16.9 Å². The molecular weight excluding hydrogens is 305 g/mol. The molecule has 4 nitrogen and oxygen atoms in total. The van der Waals surface area contributed by atoms with Crippen LogP contribution in [0.3, 0.4) is 0 Å². The van der Waals surface area contributed by atoms with Crippen molar-refractivity contribution in [3.63, 3.8) is 0 Å². The number of carbonyl (C=O) groups excluding carboxylic acids is 1. The van der Waals surface area contributed by atoms with Crippen LogP contribution in [0.1, 0.15) is 12.8 Å². The van der Waals surface area contributed by atoms with Crippen LogP contribution in [-0.2, 0) is 11.3 Å². The Hall–Kier alpha value is -2.69. The molecule has 2 heterocycles. The number of nitrogens with zero attached hydrogens (tertiary/aromatic N) is 2.